The van der Waals surface area contributed by atoms with Crippen LogP contribution in [0.4, 0.5) is 13.2 Å². The summed E-state index contributed by atoms with van der Waals surface area (Å²) in [6.07, 6.45) is -3.71. The third kappa shape index (κ3) is 4.29. The molecule has 0 spiro atoms. The summed E-state index contributed by atoms with van der Waals surface area (Å²) in [5, 5.41) is 10.6. The number of likely N-dealkylation sites (tertiary alicyclic amines) is 2. The highest BCUT2D eigenvalue weighted by Crippen LogP contribution is 2.33. The van der Waals surface area contributed by atoms with Crippen molar-refractivity contribution >= 4 is 22.8 Å². The van der Waals surface area contributed by atoms with Gasteiger partial charge in [-0.25, -0.2) is 0 Å². The minimum atomic E-state index is -4.36. The lowest BCUT2D eigenvalue weighted by Gasteiger charge is -2.22. The van der Waals surface area contributed by atoms with Crippen LogP contribution in [0.1, 0.15) is 27.9 Å². The van der Waals surface area contributed by atoms with E-state index in [0.29, 0.717) is 54.8 Å². The van der Waals surface area contributed by atoms with Gasteiger partial charge in [-0.1, -0.05) is 12.1 Å². The Morgan fingerprint density at radius 2 is 1.55 bits per heavy atom. The zero-order valence-electron chi connectivity index (χ0n) is 17.7. The number of halogens is 3. The molecule has 0 bridgehead atoms. The van der Waals surface area contributed by atoms with E-state index < -0.39 is 11.7 Å². The molecule has 3 heterocycles. The van der Waals surface area contributed by atoms with Gasteiger partial charge in [0.15, 0.2) is 0 Å². The maximum absolute atomic E-state index is 12.9. The third-order valence-electron chi connectivity index (χ3n) is 6.60. The molecule has 1 aromatic heterocycles. The van der Waals surface area contributed by atoms with Crippen LogP contribution in [0.2, 0.25) is 0 Å². The molecule has 2 aromatic carbocycles. The van der Waals surface area contributed by atoms with Crippen LogP contribution in [0.5, 0.6) is 0 Å². The topological polar surface area (TPSA) is 82.2 Å². The smallest absolute Gasteiger partial charge is 0.342 e. The molecule has 3 aromatic rings. The van der Waals surface area contributed by atoms with Gasteiger partial charge in [0.05, 0.1) is 5.56 Å². The van der Waals surface area contributed by atoms with Crippen molar-refractivity contribution in [2.24, 2.45) is 11.8 Å². The standard InChI is InChI=1S/C23H22F3N5O2/c24-23(25,26)18-5-1-14(2-6-18)3-8-21(32)30-10-16-12-31(13-17(16)11-30)22(33)15-4-7-19-20(9-15)28-29-27-19/h1-2,4-7,9,16-17H,3,8,10-13H2,(H,27,28,29)/t16-,17-/m1/s1. The van der Waals surface area contributed by atoms with Crippen LogP contribution < -0.4 is 0 Å². The number of alkyl halides is 3. The first-order valence-corrected chi connectivity index (χ1v) is 10.8. The Kier molecular flexibility index (Phi) is 5.30. The molecule has 2 aliphatic heterocycles. The van der Waals surface area contributed by atoms with Crippen molar-refractivity contribution < 1.29 is 22.8 Å². The van der Waals surface area contributed by atoms with Crippen molar-refractivity contribution in [3.8, 4) is 0 Å². The number of carbonyl (C=O) groups is 2. The second-order valence-electron chi connectivity index (χ2n) is 8.75. The number of aryl methyl sites for hydroxylation is 1. The van der Waals surface area contributed by atoms with E-state index in [-0.39, 0.29) is 30.1 Å². The Morgan fingerprint density at radius 1 is 0.909 bits per heavy atom. The number of carbonyl (C=O) groups excluding carboxylic acids is 2. The van der Waals surface area contributed by atoms with Gasteiger partial charge in [-0.3, -0.25) is 9.59 Å². The van der Waals surface area contributed by atoms with Gasteiger partial charge in [0, 0.05) is 50.0 Å². The first-order chi connectivity index (χ1) is 15.8. The molecule has 5 rings (SSSR count). The fraction of sp³-hybridized carbons (Fsp3) is 0.391. The number of rotatable bonds is 4. The number of benzene rings is 2. The van der Waals surface area contributed by atoms with Crippen molar-refractivity contribution in [3.63, 3.8) is 0 Å². The molecule has 0 unspecified atom stereocenters. The summed E-state index contributed by atoms with van der Waals surface area (Å²) in [7, 11) is 0. The molecule has 10 heteroatoms. The molecule has 0 saturated carbocycles. The van der Waals surface area contributed by atoms with Crippen molar-refractivity contribution in [2.75, 3.05) is 26.2 Å². The number of amides is 2. The van der Waals surface area contributed by atoms with Crippen LogP contribution in [0.15, 0.2) is 42.5 Å². The summed E-state index contributed by atoms with van der Waals surface area (Å²) >= 11 is 0. The van der Waals surface area contributed by atoms with Crippen LogP contribution in [-0.2, 0) is 17.4 Å². The highest BCUT2D eigenvalue weighted by Gasteiger charge is 2.43. The van der Waals surface area contributed by atoms with Crippen LogP contribution in [-0.4, -0.2) is 63.2 Å². The highest BCUT2D eigenvalue weighted by molar-refractivity contribution is 5.97. The Labute approximate surface area is 187 Å². The van der Waals surface area contributed by atoms with Gasteiger partial charge in [-0.15, -0.1) is 0 Å². The first-order valence-electron chi connectivity index (χ1n) is 10.8. The molecule has 2 amide bonds. The number of nitrogens with one attached hydrogen (secondary N) is 1. The quantitative estimate of drug-likeness (QED) is 0.653. The predicted octanol–water partition coefficient (Wildman–Crippen LogP) is 3.14. The number of aromatic nitrogens is 3. The van der Waals surface area contributed by atoms with E-state index in [4.69, 9.17) is 0 Å². The summed E-state index contributed by atoms with van der Waals surface area (Å²) in [5.74, 6) is 0.424. The van der Waals surface area contributed by atoms with Gasteiger partial charge in [-0.05, 0) is 42.3 Å². The largest absolute Gasteiger partial charge is 0.416 e. The van der Waals surface area contributed by atoms with E-state index in [2.05, 4.69) is 15.4 Å². The molecular formula is C23H22F3N5O2. The average molecular weight is 457 g/mol. The van der Waals surface area contributed by atoms with Crippen LogP contribution in [0, 0.1) is 11.8 Å². The van der Waals surface area contributed by atoms with E-state index in [1.165, 1.54) is 12.1 Å². The van der Waals surface area contributed by atoms with E-state index in [1.807, 2.05) is 9.80 Å². The number of nitrogens with zero attached hydrogens (tertiary/aromatic N) is 4. The molecule has 0 radical (unpaired) electrons. The zero-order valence-corrected chi connectivity index (χ0v) is 17.7. The molecule has 33 heavy (non-hydrogen) atoms. The first kappa shape index (κ1) is 21.4. The lowest BCUT2D eigenvalue weighted by atomic mass is 10.0. The van der Waals surface area contributed by atoms with E-state index in [1.54, 1.807) is 18.2 Å². The minimum Gasteiger partial charge on any atom is -0.342 e. The van der Waals surface area contributed by atoms with Crippen molar-refractivity contribution in [1.29, 1.82) is 0 Å². The zero-order chi connectivity index (χ0) is 23.2. The molecule has 2 saturated heterocycles. The van der Waals surface area contributed by atoms with Gasteiger partial charge in [0.25, 0.3) is 5.91 Å². The van der Waals surface area contributed by atoms with Crippen molar-refractivity contribution in [1.82, 2.24) is 25.2 Å². The summed E-state index contributed by atoms with van der Waals surface area (Å²) in [4.78, 5) is 29.2. The van der Waals surface area contributed by atoms with Gasteiger partial charge in [0.2, 0.25) is 5.91 Å². The van der Waals surface area contributed by atoms with Crippen LogP contribution in [0.3, 0.4) is 0 Å². The fourth-order valence-corrected chi connectivity index (χ4v) is 4.79. The Balaban J connectivity index is 1.13. The monoisotopic (exact) mass is 457 g/mol. The maximum Gasteiger partial charge on any atom is 0.416 e. The van der Waals surface area contributed by atoms with Gasteiger partial charge >= 0.3 is 6.18 Å². The average Bonchev–Trinajstić information content (AvgIpc) is 3.50. The van der Waals surface area contributed by atoms with Crippen LogP contribution in [0.25, 0.3) is 11.0 Å². The minimum absolute atomic E-state index is 0.00124. The van der Waals surface area contributed by atoms with E-state index in [9.17, 15) is 22.8 Å². The molecule has 2 aliphatic rings. The van der Waals surface area contributed by atoms with E-state index >= 15 is 0 Å². The third-order valence-corrected chi connectivity index (χ3v) is 6.60. The van der Waals surface area contributed by atoms with Crippen LogP contribution >= 0.6 is 0 Å². The number of fused-ring (bicyclic) bond motifs is 2. The summed E-state index contributed by atoms with van der Waals surface area (Å²) in [6.45, 7) is 2.40. The summed E-state index contributed by atoms with van der Waals surface area (Å²) < 4.78 is 38.0. The second-order valence-corrected chi connectivity index (χ2v) is 8.75. The Hall–Kier alpha value is -3.43. The molecule has 172 valence electrons. The molecule has 2 atom stereocenters. The number of hydrogen-bond acceptors (Lipinski definition) is 4. The molecule has 1 N–H and O–H groups in total. The van der Waals surface area contributed by atoms with Crippen molar-refractivity contribution in [2.45, 2.75) is 19.0 Å². The number of hydrogen-bond donors (Lipinski definition) is 1. The van der Waals surface area contributed by atoms with E-state index in [0.717, 1.165) is 12.1 Å². The molecule has 0 aliphatic carbocycles. The lowest BCUT2D eigenvalue weighted by Crippen LogP contribution is -2.35. The van der Waals surface area contributed by atoms with Gasteiger partial charge in [-0.2, -0.15) is 28.6 Å². The number of aromatic amines is 1. The summed E-state index contributed by atoms with van der Waals surface area (Å²) in [5.41, 5.74) is 1.93. The predicted molar refractivity (Wildman–Crippen MR) is 113 cm³/mol. The second kappa shape index (κ2) is 8.17. The van der Waals surface area contributed by atoms with Gasteiger partial charge in [0.1, 0.15) is 11.0 Å². The molecule has 2 fully saturated rings. The SMILES string of the molecule is O=C(CCc1ccc(C(F)(F)F)cc1)N1C[C@@H]2CN(C(=O)c3ccc4n[nH]nc4c3)C[C@H]2C1. The fourth-order valence-electron chi connectivity index (χ4n) is 4.79. The molecular weight excluding hydrogens is 435 g/mol. The maximum atomic E-state index is 12.9. The number of H-pyrrole nitrogens is 1. The van der Waals surface area contributed by atoms with Gasteiger partial charge < -0.3 is 9.80 Å². The normalized spacial score (nSPS) is 20.5. The Bertz CT molecular complexity index is 1180. The Morgan fingerprint density at radius 3 is 2.21 bits per heavy atom. The summed E-state index contributed by atoms with van der Waals surface area (Å²) in [6, 6.07) is 10.2. The highest BCUT2D eigenvalue weighted by atomic mass is 19.4. The molecule has 7 nitrogen and oxygen atoms in total. The van der Waals surface area contributed by atoms with Crippen molar-refractivity contribution in [3.05, 3.63) is 59.2 Å². The lowest BCUT2D eigenvalue weighted by molar-refractivity contribution is -0.137.